The molecule has 1 amide bonds. The van der Waals surface area contributed by atoms with Crippen molar-refractivity contribution < 1.29 is 22.7 Å². The molecule has 3 aromatic rings. The molecule has 0 unspecified atom stereocenters. The van der Waals surface area contributed by atoms with Crippen LogP contribution in [0.2, 0.25) is 0 Å². The number of amides is 1. The highest BCUT2D eigenvalue weighted by molar-refractivity contribution is 5.90. The first-order valence-electron chi connectivity index (χ1n) is 8.53. The number of aromatic nitrogens is 4. The predicted molar refractivity (Wildman–Crippen MR) is 98.5 cm³/mol. The molecule has 0 saturated heterocycles. The van der Waals surface area contributed by atoms with Gasteiger partial charge in [-0.25, -0.2) is 9.67 Å². The van der Waals surface area contributed by atoms with Crippen LogP contribution in [0.25, 0.3) is 11.0 Å². The lowest BCUT2D eigenvalue weighted by Gasteiger charge is -2.19. The van der Waals surface area contributed by atoms with Crippen molar-refractivity contribution in [3.63, 3.8) is 0 Å². The number of rotatable bonds is 4. The van der Waals surface area contributed by atoms with Gasteiger partial charge in [-0.05, 0) is 45.0 Å². The van der Waals surface area contributed by atoms with Crippen molar-refractivity contribution in [2.45, 2.75) is 39.2 Å². The van der Waals surface area contributed by atoms with Crippen LogP contribution >= 0.6 is 0 Å². The third kappa shape index (κ3) is 4.73. The number of alkyl halides is 3. The molecule has 154 valence electrons. The minimum Gasteiger partial charge on any atom is -0.406 e. The number of nitrogens with one attached hydrogen (secondary N) is 1. The van der Waals surface area contributed by atoms with Crippen molar-refractivity contribution in [3.8, 4) is 5.75 Å². The number of ether oxygens (including phenoxy) is 1. The topological polar surface area (TPSA) is 91.0 Å². The van der Waals surface area contributed by atoms with Gasteiger partial charge in [0.05, 0.1) is 11.7 Å². The van der Waals surface area contributed by atoms with Crippen LogP contribution in [-0.4, -0.2) is 31.6 Å². The lowest BCUT2D eigenvalue weighted by molar-refractivity contribution is -0.274. The number of anilines is 1. The Morgan fingerprint density at radius 1 is 1.17 bits per heavy atom. The maximum atomic E-state index is 12.6. The molecule has 1 N–H and O–H groups in total. The number of nitrogens with zero attached hydrogens (tertiary/aromatic N) is 4. The van der Waals surface area contributed by atoms with Gasteiger partial charge in [-0.3, -0.25) is 14.2 Å². The Morgan fingerprint density at radius 3 is 2.41 bits per heavy atom. The van der Waals surface area contributed by atoms with Crippen LogP contribution < -0.4 is 15.6 Å². The third-order valence-electron chi connectivity index (χ3n) is 3.88. The van der Waals surface area contributed by atoms with Gasteiger partial charge in [0.2, 0.25) is 5.91 Å². The summed E-state index contributed by atoms with van der Waals surface area (Å²) in [6.45, 7) is 5.45. The quantitative estimate of drug-likeness (QED) is 0.716. The summed E-state index contributed by atoms with van der Waals surface area (Å²) < 4.78 is 43.0. The molecule has 0 spiro atoms. The van der Waals surface area contributed by atoms with E-state index >= 15 is 0 Å². The van der Waals surface area contributed by atoms with Crippen LogP contribution in [0, 0.1) is 0 Å². The van der Waals surface area contributed by atoms with Gasteiger partial charge in [0.25, 0.3) is 5.56 Å². The molecule has 0 aliphatic carbocycles. The number of carbonyl (C=O) groups excluding carboxylic acids is 1. The maximum absolute atomic E-state index is 12.6. The Kier molecular flexibility index (Phi) is 5.07. The molecule has 1 aromatic carbocycles. The second-order valence-corrected chi connectivity index (χ2v) is 7.26. The van der Waals surface area contributed by atoms with E-state index in [1.54, 1.807) is 4.68 Å². The summed E-state index contributed by atoms with van der Waals surface area (Å²) in [5.74, 6) is -0.946. The summed E-state index contributed by atoms with van der Waals surface area (Å²) in [6, 6.07) is 4.67. The normalized spacial score (nSPS) is 12.2. The molecular formula is C18H18F3N5O3. The highest BCUT2D eigenvalue weighted by atomic mass is 19.4. The molecule has 2 heterocycles. The molecule has 11 heteroatoms. The maximum Gasteiger partial charge on any atom is 0.573 e. The summed E-state index contributed by atoms with van der Waals surface area (Å²) in [4.78, 5) is 29.1. The van der Waals surface area contributed by atoms with Gasteiger partial charge >= 0.3 is 6.36 Å². The number of fused-ring (bicyclic) bond motifs is 1. The number of hydrogen-bond donors (Lipinski definition) is 1. The van der Waals surface area contributed by atoms with E-state index in [1.165, 1.54) is 24.7 Å². The zero-order valence-electron chi connectivity index (χ0n) is 15.8. The zero-order chi connectivity index (χ0) is 21.4. The van der Waals surface area contributed by atoms with E-state index in [-0.39, 0.29) is 23.2 Å². The first-order valence-corrected chi connectivity index (χ1v) is 8.53. The van der Waals surface area contributed by atoms with Gasteiger partial charge in [0.15, 0.2) is 5.65 Å². The second-order valence-electron chi connectivity index (χ2n) is 7.26. The first kappa shape index (κ1) is 20.4. The van der Waals surface area contributed by atoms with Gasteiger partial charge in [0, 0.05) is 5.69 Å². The molecular weight excluding hydrogens is 391 g/mol. The van der Waals surface area contributed by atoms with Crippen LogP contribution in [-0.2, 0) is 16.9 Å². The van der Waals surface area contributed by atoms with E-state index in [9.17, 15) is 22.8 Å². The molecule has 0 atom stereocenters. The number of carbonyl (C=O) groups is 1. The Hall–Kier alpha value is -3.37. The molecule has 0 aliphatic rings. The Bertz CT molecular complexity index is 1100. The second kappa shape index (κ2) is 7.22. The van der Waals surface area contributed by atoms with Crippen molar-refractivity contribution in [2.75, 3.05) is 5.32 Å². The SMILES string of the molecule is CC(C)(C)n1ncc2c(=O)n(CC(=O)Nc3ccc(OC(F)(F)F)cc3)cnc21. The van der Waals surface area contributed by atoms with Crippen molar-refractivity contribution in [1.29, 1.82) is 0 Å². The van der Waals surface area contributed by atoms with Gasteiger partial charge in [-0.1, -0.05) is 0 Å². The standard InChI is InChI=1S/C18H18F3N5O3/c1-17(2,3)26-15-13(8-23-26)16(28)25(10-22-15)9-14(27)24-11-4-6-12(7-5-11)29-18(19,20)21/h4-8,10H,9H2,1-3H3,(H,24,27). The molecule has 0 saturated carbocycles. The molecule has 8 nitrogen and oxygen atoms in total. The van der Waals surface area contributed by atoms with Crippen molar-refractivity contribution >= 4 is 22.6 Å². The number of halogens is 3. The third-order valence-corrected chi connectivity index (χ3v) is 3.88. The smallest absolute Gasteiger partial charge is 0.406 e. The molecule has 0 aliphatic heterocycles. The van der Waals surface area contributed by atoms with E-state index < -0.39 is 23.6 Å². The number of benzene rings is 1. The van der Waals surface area contributed by atoms with Gasteiger partial charge in [-0.15, -0.1) is 13.2 Å². The van der Waals surface area contributed by atoms with Crippen LogP contribution in [0.1, 0.15) is 20.8 Å². The fourth-order valence-corrected chi connectivity index (χ4v) is 2.65. The van der Waals surface area contributed by atoms with Gasteiger partial charge < -0.3 is 10.1 Å². The summed E-state index contributed by atoms with van der Waals surface area (Å²) in [5, 5.41) is 6.98. The molecule has 3 rings (SSSR count). The van der Waals surface area contributed by atoms with Crippen LogP contribution in [0.5, 0.6) is 5.75 Å². The Balaban J connectivity index is 1.73. The van der Waals surface area contributed by atoms with E-state index in [2.05, 4.69) is 20.1 Å². The Morgan fingerprint density at radius 2 is 1.83 bits per heavy atom. The lowest BCUT2D eigenvalue weighted by atomic mass is 10.1. The molecule has 0 radical (unpaired) electrons. The van der Waals surface area contributed by atoms with E-state index in [4.69, 9.17) is 0 Å². The first-order chi connectivity index (χ1) is 13.4. The van der Waals surface area contributed by atoms with E-state index in [0.717, 1.165) is 16.7 Å². The average Bonchev–Trinajstić information content (AvgIpc) is 3.03. The van der Waals surface area contributed by atoms with Crippen molar-refractivity contribution in [2.24, 2.45) is 0 Å². The highest BCUT2D eigenvalue weighted by Crippen LogP contribution is 2.24. The van der Waals surface area contributed by atoms with E-state index in [0.29, 0.717) is 5.65 Å². The molecule has 29 heavy (non-hydrogen) atoms. The summed E-state index contributed by atoms with van der Waals surface area (Å²) in [5.41, 5.74) is -0.117. The van der Waals surface area contributed by atoms with Crippen molar-refractivity contribution in [3.05, 3.63) is 47.1 Å². The fourth-order valence-electron chi connectivity index (χ4n) is 2.65. The molecule has 0 fully saturated rings. The monoisotopic (exact) mass is 409 g/mol. The Labute approximate surface area is 162 Å². The number of hydrogen-bond acceptors (Lipinski definition) is 5. The van der Waals surface area contributed by atoms with Crippen LogP contribution in [0.3, 0.4) is 0 Å². The zero-order valence-corrected chi connectivity index (χ0v) is 15.8. The summed E-state index contributed by atoms with van der Waals surface area (Å²) in [6.07, 6.45) is -2.13. The van der Waals surface area contributed by atoms with E-state index in [1.807, 2.05) is 20.8 Å². The lowest BCUT2D eigenvalue weighted by Crippen LogP contribution is -2.29. The predicted octanol–water partition coefficient (Wildman–Crippen LogP) is 2.89. The highest BCUT2D eigenvalue weighted by Gasteiger charge is 2.31. The van der Waals surface area contributed by atoms with Gasteiger partial charge in [0.1, 0.15) is 24.0 Å². The minimum absolute atomic E-state index is 0.257. The van der Waals surface area contributed by atoms with Crippen LogP contribution in [0.15, 0.2) is 41.6 Å². The minimum atomic E-state index is -4.79. The molecule has 0 bridgehead atoms. The largest absolute Gasteiger partial charge is 0.573 e. The molecule has 2 aromatic heterocycles. The van der Waals surface area contributed by atoms with Crippen molar-refractivity contribution in [1.82, 2.24) is 19.3 Å². The summed E-state index contributed by atoms with van der Waals surface area (Å²) >= 11 is 0. The summed E-state index contributed by atoms with van der Waals surface area (Å²) in [7, 11) is 0. The van der Waals surface area contributed by atoms with Crippen LogP contribution in [0.4, 0.5) is 18.9 Å². The van der Waals surface area contributed by atoms with Gasteiger partial charge in [-0.2, -0.15) is 5.10 Å². The average molecular weight is 409 g/mol. The fraction of sp³-hybridized carbons (Fsp3) is 0.333.